The molecule has 1 heterocycles. The van der Waals surface area contributed by atoms with Crippen molar-refractivity contribution in [1.82, 2.24) is 4.90 Å². The van der Waals surface area contributed by atoms with Crippen molar-refractivity contribution in [1.29, 1.82) is 0 Å². The van der Waals surface area contributed by atoms with Gasteiger partial charge in [-0.05, 0) is 31.9 Å². The minimum atomic E-state index is -0.366. The van der Waals surface area contributed by atoms with E-state index in [-0.39, 0.29) is 23.8 Å². The fourth-order valence-corrected chi connectivity index (χ4v) is 3.27. The first-order valence-corrected chi connectivity index (χ1v) is 9.42. The van der Waals surface area contributed by atoms with Gasteiger partial charge in [0.1, 0.15) is 0 Å². The summed E-state index contributed by atoms with van der Waals surface area (Å²) < 4.78 is 0. The van der Waals surface area contributed by atoms with Crippen LogP contribution in [0, 0.1) is 26.2 Å². The van der Waals surface area contributed by atoms with Gasteiger partial charge in [-0.3, -0.25) is 9.59 Å². The lowest BCUT2D eigenvalue weighted by atomic mass is 9.93. The van der Waals surface area contributed by atoms with E-state index in [0.29, 0.717) is 25.9 Å². The van der Waals surface area contributed by atoms with Gasteiger partial charge in [-0.15, -0.1) is 0 Å². The van der Waals surface area contributed by atoms with E-state index in [1.54, 1.807) is 0 Å². The Labute approximate surface area is 161 Å². The lowest BCUT2D eigenvalue weighted by Gasteiger charge is -2.32. The van der Waals surface area contributed by atoms with Crippen LogP contribution in [0.15, 0.2) is 17.3 Å². The van der Waals surface area contributed by atoms with E-state index in [1.165, 1.54) is 5.56 Å². The van der Waals surface area contributed by atoms with Crippen LogP contribution in [0.5, 0.6) is 0 Å². The first-order chi connectivity index (χ1) is 12.6. The zero-order valence-corrected chi connectivity index (χ0v) is 17.3. The molecule has 0 radical (unpaired) electrons. The minimum Gasteiger partial charge on any atom is -0.386 e. The molecule has 0 aromatic heterocycles. The van der Waals surface area contributed by atoms with Crippen molar-refractivity contribution in [3.63, 3.8) is 0 Å². The Morgan fingerprint density at radius 3 is 2.19 bits per heavy atom. The molecule has 0 unspecified atom stereocenters. The van der Waals surface area contributed by atoms with Gasteiger partial charge in [0.2, 0.25) is 5.91 Å². The van der Waals surface area contributed by atoms with Crippen molar-refractivity contribution < 1.29 is 14.4 Å². The van der Waals surface area contributed by atoms with Crippen molar-refractivity contribution in [2.75, 3.05) is 25.0 Å². The maximum atomic E-state index is 12.3. The molecular formula is C21H31N3O3. The van der Waals surface area contributed by atoms with Gasteiger partial charge >= 0.3 is 0 Å². The zero-order valence-electron chi connectivity index (χ0n) is 17.3. The first-order valence-electron chi connectivity index (χ1n) is 9.42. The van der Waals surface area contributed by atoms with Gasteiger partial charge in [0.15, 0.2) is 6.61 Å². The fraction of sp³-hybridized carbons (Fsp3) is 0.571. The third-order valence-corrected chi connectivity index (χ3v) is 4.60. The van der Waals surface area contributed by atoms with E-state index in [4.69, 9.17) is 4.84 Å². The Kier molecular flexibility index (Phi) is 6.63. The summed E-state index contributed by atoms with van der Waals surface area (Å²) in [6.45, 7) is 12.9. The molecule has 1 N–H and O–H groups in total. The summed E-state index contributed by atoms with van der Waals surface area (Å²) in [5.41, 5.74) is 4.59. The number of nitrogens with zero attached hydrogens (tertiary/aromatic N) is 2. The molecule has 1 aliphatic rings. The highest BCUT2D eigenvalue weighted by molar-refractivity contribution is 5.93. The number of carbonyl (C=O) groups excluding carboxylic acids is 2. The lowest BCUT2D eigenvalue weighted by Crippen LogP contribution is -2.44. The van der Waals surface area contributed by atoms with Crippen LogP contribution in [0.3, 0.4) is 0 Å². The number of likely N-dealkylation sites (tertiary alicyclic amines) is 1. The quantitative estimate of drug-likeness (QED) is 0.820. The highest BCUT2D eigenvalue weighted by atomic mass is 16.6. The van der Waals surface area contributed by atoms with Gasteiger partial charge in [-0.1, -0.05) is 43.6 Å². The number of nitrogens with one attached hydrogen (secondary N) is 1. The topological polar surface area (TPSA) is 71.0 Å². The molecule has 1 aromatic rings. The number of piperidine rings is 1. The summed E-state index contributed by atoms with van der Waals surface area (Å²) in [6, 6.07) is 4.08. The van der Waals surface area contributed by atoms with Crippen molar-refractivity contribution >= 4 is 23.2 Å². The number of aryl methyl sites for hydroxylation is 3. The van der Waals surface area contributed by atoms with Crippen LogP contribution in [0.2, 0.25) is 0 Å². The van der Waals surface area contributed by atoms with Crippen LogP contribution in [-0.2, 0) is 14.4 Å². The molecule has 0 atom stereocenters. The smallest absolute Gasteiger partial charge is 0.265 e. The molecule has 0 saturated carbocycles. The second-order valence-electron chi connectivity index (χ2n) is 8.30. The van der Waals surface area contributed by atoms with Crippen LogP contribution in [0.1, 0.15) is 50.3 Å². The Morgan fingerprint density at radius 1 is 1.11 bits per heavy atom. The van der Waals surface area contributed by atoms with Crippen LogP contribution in [0.4, 0.5) is 5.69 Å². The summed E-state index contributed by atoms with van der Waals surface area (Å²) in [5.74, 6) is -0.0690. The second kappa shape index (κ2) is 8.55. The van der Waals surface area contributed by atoms with Crippen molar-refractivity contribution in [2.45, 2.75) is 54.4 Å². The monoisotopic (exact) mass is 373 g/mol. The average Bonchev–Trinajstić information content (AvgIpc) is 2.57. The van der Waals surface area contributed by atoms with Crippen LogP contribution < -0.4 is 5.32 Å². The van der Waals surface area contributed by atoms with Crippen molar-refractivity contribution in [3.05, 3.63) is 28.8 Å². The lowest BCUT2D eigenvalue weighted by molar-refractivity contribution is -0.139. The third kappa shape index (κ3) is 5.81. The number of benzene rings is 1. The number of rotatable bonds is 4. The van der Waals surface area contributed by atoms with Gasteiger partial charge in [-0.25, -0.2) is 0 Å². The zero-order chi connectivity index (χ0) is 20.2. The van der Waals surface area contributed by atoms with E-state index in [9.17, 15) is 9.59 Å². The normalized spacial score (nSPS) is 14.7. The maximum absolute atomic E-state index is 12.3. The molecule has 0 bridgehead atoms. The summed E-state index contributed by atoms with van der Waals surface area (Å²) in [7, 11) is 0. The Bertz CT molecular complexity index is 715. The molecule has 6 nitrogen and oxygen atoms in total. The van der Waals surface area contributed by atoms with Crippen molar-refractivity contribution in [2.24, 2.45) is 10.6 Å². The van der Waals surface area contributed by atoms with E-state index in [2.05, 4.69) is 10.5 Å². The number of hydrogen-bond donors (Lipinski definition) is 1. The third-order valence-electron chi connectivity index (χ3n) is 4.60. The molecule has 0 spiro atoms. The number of oxime groups is 1. The maximum Gasteiger partial charge on any atom is 0.265 e. The molecule has 1 fully saturated rings. The summed E-state index contributed by atoms with van der Waals surface area (Å²) in [5, 5.41) is 6.99. The van der Waals surface area contributed by atoms with E-state index >= 15 is 0 Å². The highest BCUT2D eigenvalue weighted by Crippen LogP contribution is 2.22. The predicted octanol–water partition coefficient (Wildman–Crippen LogP) is 3.59. The molecule has 148 valence electrons. The Balaban J connectivity index is 1.81. The summed E-state index contributed by atoms with van der Waals surface area (Å²) in [4.78, 5) is 31.5. The molecule has 2 amide bonds. The molecule has 0 aliphatic carbocycles. The van der Waals surface area contributed by atoms with Crippen LogP contribution in [0.25, 0.3) is 0 Å². The molecule has 1 saturated heterocycles. The average molecular weight is 373 g/mol. The van der Waals surface area contributed by atoms with E-state index < -0.39 is 0 Å². The first kappa shape index (κ1) is 20.9. The molecule has 1 aliphatic heterocycles. The number of amides is 2. The van der Waals surface area contributed by atoms with Gasteiger partial charge in [0, 0.05) is 37.0 Å². The molecule has 27 heavy (non-hydrogen) atoms. The van der Waals surface area contributed by atoms with Crippen LogP contribution in [-0.4, -0.2) is 42.1 Å². The highest BCUT2D eigenvalue weighted by Gasteiger charge is 2.29. The van der Waals surface area contributed by atoms with Crippen LogP contribution >= 0.6 is 0 Å². The fourth-order valence-electron chi connectivity index (χ4n) is 3.27. The van der Waals surface area contributed by atoms with E-state index in [0.717, 1.165) is 22.5 Å². The molecule has 1 aromatic carbocycles. The summed E-state index contributed by atoms with van der Waals surface area (Å²) in [6.07, 6.45) is 1.36. The number of carbonyl (C=O) groups is 2. The summed E-state index contributed by atoms with van der Waals surface area (Å²) >= 11 is 0. The standard InChI is InChI=1S/C21H31N3O3/c1-14-11-15(2)19(16(3)12-14)22-18(25)13-27-23-17-7-9-24(10-8-17)20(26)21(4,5)6/h11-12H,7-10,13H2,1-6H3,(H,22,25). The minimum absolute atomic E-state index is 0.124. The predicted molar refractivity (Wildman–Crippen MR) is 108 cm³/mol. The number of anilines is 1. The van der Waals surface area contributed by atoms with E-state index in [1.807, 2.05) is 58.6 Å². The van der Waals surface area contributed by atoms with Gasteiger partial charge in [0.25, 0.3) is 5.91 Å². The molecule has 2 rings (SSSR count). The SMILES string of the molecule is Cc1cc(C)c(NC(=O)CON=C2CCN(C(=O)C(C)(C)C)CC2)c(C)c1. The van der Waals surface area contributed by atoms with Crippen molar-refractivity contribution in [3.8, 4) is 0 Å². The van der Waals surface area contributed by atoms with Gasteiger partial charge in [-0.2, -0.15) is 0 Å². The number of hydrogen-bond acceptors (Lipinski definition) is 4. The largest absolute Gasteiger partial charge is 0.386 e. The van der Waals surface area contributed by atoms with Gasteiger partial charge in [0.05, 0.1) is 5.71 Å². The molecular weight excluding hydrogens is 342 g/mol. The molecule has 6 heteroatoms. The van der Waals surface area contributed by atoms with Gasteiger partial charge < -0.3 is 15.1 Å². The second-order valence-corrected chi connectivity index (χ2v) is 8.30. The Hall–Kier alpha value is -2.37. The Morgan fingerprint density at radius 2 is 1.67 bits per heavy atom.